The van der Waals surface area contributed by atoms with Gasteiger partial charge in [-0.15, -0.1) is 0 Å². The molecule has 0 unspecified atom stereocenters. The number of nitrogens with one attached hydrogen (secondary N) is 1. The zero-order chi connectivity index (χ0) is 27.8. The Hall–Kier alpha value is -2.36. The van der Waals surface area contributed by atoms with Crippen LogP contribution in [0.1, 0.15) is 64.4 Å². The molecule has 4 saturated carbocycles. The van der Waals surface area contributed by atoms with E-state index in [1.807, 2.05) is 13.8 Å². The molecule has 208 valence electrons. The molecule has 1 heterocycles. The van der Waals surface area contributed by atoms with Gasteiger partial charge in [0, 0.05) is 23.9 Å². The number of rotatable bonds is 10. The van der Waals surface area contributed by atoms with Gasteiger partial charge in [0.2, 0.25) is 10.0 Å². The van der Waals surface area contributed by atoms with E-state index in [2.05, 4.69) is 5.32 Å². The van der Waals surface area contributed by atoms with Gasteiger partial charge in [-0.25, -0.2) is 17.2 Å². The molecule has 1 atom stereocenters. The minimum absolute atomic E-state index is 0.0128. The highest BCUT2D eigenvalue weighted by Gasteiger charge is 2.75. The Kier molecular flexibility index (Phi) is 6.07. The topological polar surface area (TPSA) is 78.8 Å². The molecule has 10 heteroatoms. The highest BCUT2D eigenvalue weighted by Crippen LogP contribution is 2.71. The minimum Gasteiger partial charge on any atom is -0.366 e. The van der Waals surface area contributed by atoms with Gasteiger partial charge in [-0.1, -0.05) is 35.9 Å². The molecule has 5 aliphatic rings. The number of ketones is 1. The summed E-state index contributed by atoms with van der Waals surface area (Å²) in [4.78, 5) is 18.0. The van der Waals surface area contributed by atoms with Crippen LogP contribution in [0.25, 0.3) is 0 Å². The molecule has 0 amide bonds. The van der Waals surface area contributed by atoms with E-state index in [-0.39, 0.29) is 40.5 Å². The summed E-state index contributed by atoms with van der Waals surface area (Å²) in [6, 6.07) is 12.0. The Labute approximate surface area is 232 Å². The molecule has 7 rings (SSSR count). The number of carbonyl (C=O) groups excluding carboxylic acids is 1. The lowest BCUT2D eigenvalue weighted by Gasteiger charge is -2.73. The van der Waals surface area contributed by atoms with E-state index in [0.717, 1.165) is 5.84 Å². The Morgan fingerprint density at radius 3 is 2.41 bits per heavy atom. The molecule has 1 N–H and O–H groups in total. The summed E-state index contributed by atoms with van der Waals surface area (Å²) < 4.78 is 57.6. The maximum Gasteiger partial charge on any atom is 0.243 e. The Morgan fingerprint density at radius 2 is 1.79 bits per heavy atom. The van der Waals surface area contributed by atoms with Crippen molar-refractivity contribution in [1.29, 1.82) is 0 Å². The molecule has 6 nitrogen and oxygen atoms in total. The molecule has 0 radical (unpaired) electrons. The van der Waals surface area contributed by atoms with Crippen LogP contribution < -0.4 is 5.32 Å². The van der Waals surface area contributed by atoms with Gasteiger partial charge in [0.1, 0.15) is 23.4 Å². The van der Waals surface area contributed by atoms with Crippen LogP contribution in [0.15, 0.2) is 58.4 Å². The van der Waals surface area contributed by atoms with Crippen molar-refractivity contribution >= 4 is 33.2 Å². The number of hydrogen-bond acceptors (Lipinski definition) is 5. The molecule has 1 aliphatic heterocycles. The first-order valence-corrected chi connectivity index (χ1v) is 15.2. The predicted octanol–water partition coefficient (Wildman–Crippen LogP) is 5.59. The normalized spacial score (nSPS) is 29.7. The van der Waals surface area contributed by atoms with Crippen molar-refractivity contribution in [3.8, 4) is 0 Å². The highest BCUT2D eigenvalue weighted by atomic mass is 35.5. The summed E-state index contributed by atoms with van der Waals surface area (Å²) in [6.45, 7) is 3.87. The second-order valence-electron chi connectivity index (χ2n) is 12.5. The van der Waals surface area contributed by atoms with E-state index in [1.165, 1.54) is 16.4 Å². The molecule has 0 spiro atoms. The number of halogens is 3. The summed E-state index contributed by atoms with van der Waals surface area (Å²) in [6.07, 6.45) is 3.13. The van der Waals surface area contributed by atoms with E-state index in [0.29, 0.717) is 37.7 Å². The number of carbonyl (C=O) groups is 1. The van der Waals surface area contributed by atoms with Crippen LogP contribution in [-0.4, -0.2) is 47.1 Å². The quantitative estimate of drug-likeness (QED) is 0.400. The van der Waals surface area contributed by atoms with Crippen molar-refractivity contribution < 1.29 is 22.0 Å². The molecular weight excluding hydrogens is 544 g/mol. The number of benzene rings is 2. The largest absolute Gasteiger partial charge is 0.366 e. The van der Waals surface area contributed by atoms with E-state index in [1.54, 1.807) is 36.4 Å². The van der Waals surface area contributed by atoms with Crippen molar-refractivity contribution in [3.05, 3.63) is 64.9 Å². The van der Waals surface area contributed by atoms with Gasteiger partial charge in [0.15, 0.2) is 5.78 Å². The SMILES string of the molecule is CC1(C)NC(C23CC(N(Cc4ccc(Cl)c(F)c4)S(=O)(=O)c4ccccc4)(C2)C3)=N[C@H]1C(=O)CCC1(F)CC1. The third-order valence-electron chi connectivity index (χ3n) is 8.97. The zero-order valence-electron chi connectivity index (χ0n) is 22.0. The third-order valence-corrected chi connectivity index (χ3v) is 11.2. The average molecular weight is 576 g/mol. The van der Waals surface area contributed by atoms with Gasteiger partial charge < -0.3 is 5.32 Å². The fourth-order valence-corrected chi connectivity index (χ4v) is 8.49. The Balaban J connectivity index is 1.24. The molecule has 2 aromatic rings. The van der Waals surface area contributed by atoms with Crippen LogP contribution in [0.2, 0.25) is 5.02 Å². The van der Waals surface area contributed by atoms with Crippen molar-refractivity contribution in [3.63, 3.8) is 0 Å². The summed E-state index contributed by atoms with van der Waals surface area (Å²) in [5, 5.41) is 3.43. The predicted molar refractivity (Wildman–Crippen MR) is 145 cm³/mol. The molecule has 0 saturated heterocycles. The number of alkyl halides is 1. The Morgan fingerprint density at radius 1 is 1.13 bits per heavy atom. The van der Waals surface area contributed by atoms with Crippen molar-refractivity contribution in [2.24, 2.45) is 10.4 Å². The lowest BCUT2D eigenvalue weighted by molar-refractivity contribution is -0.151. The van der Waals surface area contributed by atoms with Gasteiger partial charge in [0.05, 0.1) is 15.5 Å². The molecule has 4 fully saturated rings. The number of nitrogens with zero attached hydrogens (tertiary/aromatic N) is 2. The summed E-state index contributed by atoms with van der Waals surface area (Å²) in [7, 11) is -3.89. The average Bonchev–Trinajstić information content (AvgIpc) is 3.49. The van der Waals surface area contributed by atoms with Crippen LogP contribution >= 0.6 is 11.6 Å². The molecule has 39 heavy (non-hydrogen) atoms. The van der Waals surface area contributed by atoms with Gasteiger partial charge in [-0.05, 0) is 82.2 Å². The molecular formula is C29H32ClF2N3O3S. The Bertz CT molecular complexity index is 1450. The number of Topliss-reactive ketones (excluding diaryl/α,β-unsaturated/α-hetero) is 1. The van der Waals surface area contributed by atoms with E-state index in [9.17, 15) is 22.0 Å². The van der Waals surface area contributed by atoms with Crippen LogP contribution in [0.5, 0.6) is 0 Å². The van der Waals surface area contributed by atoms with Gasteiger partial charge in [-0.3, -0.25) is 9.79 Å². The second kappa shape index (κ2) is 8.82. The third kappa shape index (κ3) is 4.50. The lowest BCUT2D eigenvalue weighted by Crippen LogP contribution is -2.78. The fraction of sp³-hybridized carbons (Fsp3) is 0.517. The van der Waals surface area contributed by atoms with Crippen molar-refractivity contribution in [2.75, 3.05) is 0 Å². The first kappa shape index (κ1) is 26.8. The highest BCUT2D eigenvalue weighted by molar-refractivity contribution is 7.89. The maximum absolute atomic E-state index is 14.2. The second-order valence-corrected chi connectivity index (χ2v) is 14.7. The van der Waals surface area contributed by atoms with Gasteiger partial charge >= 0.3 is 0 Å². The van der Waals surface area contributed by atoms with E-state index in [4.69, 9.17) is 16.6 Å². The number of amidine groups is 1. The molecule has 4 aliphatic carbocycles. The fourth-order valence-electron chi connectivity index (χ4n) is 6.59. The molecule has 2 bridgehead atoms. The van der Waals surface area contributed by atoms with E-state index < -0.39 is 38.6 Å². The van der Waals surface area contributed by atoms with Gasteiger partial charge in [0.25, 0.3) is 0 Å². The van der Waals surface area contributed by atoms with Crippen molar-refractivity contribution in [2.45, 2.75) is 93.0 Å². The summed E-state index contributed by atoms with van der Waals surface area (Å²) in [5.41, 5.74) is -2.23. The summed E-state index contributed by atoms with van der Waals surface area (Å²) >= 11 is 5.86. The first-order valence-electron chi connectivity index (χ1n) is 13.4. The zero-order valence-corrected chi connectivity index (χ0v) is 23.6. The first-order chi connectivity index (χ1) is 18.3. The monoisotopic (exact) mass is 575 g/mol. The van der Waals surface area contributed by atoms with Crippen LogP contribution in [-0.2, 0) is 21.4 Å². The van der Waals surface area contributed by atoms with Gasteiger partial charge in [-0.2, -0.15) is 4.31 Å². The lowest BCUT2D eigenvalue weighted by atomic mass is 9.38. The standard InChI is InChI=1S/C29H32ClF2N3O3S/c1-26(2)24(23(36)10-11-28(32)12-13-28)33-25(34-26)27-16-29(17-27,18-27)35(15-19-8-9-21(30)22(31)14-19)39(37,38)20-6-4-3-5-7-20/h3-9,14,24H,10-13,15-18H2,1-2H3,(H,33,34)/t24-,27?,29?/m0/s1. The number of hydrogen-bond donors (Lipinski definition) is 1. The smallest absolute Gasteiger partial charge is 0.243 e. The number of sulfonamides is 1. The maximum atomic E-state index is 14.2. The van der Waals surface area contributed by atoms with Crippen molar-refractivity contribution in [1.82, 2.24) is 9.62 Å². The van der Waals surface area contributed by atoms with Crippen LogP contribution in [0.3, 0.4) is 0 Å². The molecule has 2 aromatic carbocycles. The van der Waals surface area contributed by atoms with Crippen LogP contribution in [0, 0.1) is 11.2 Å². The summed E-state index contributed by atoms with van der Waals surface area (Å²) in [5.74, 6) is 0.0811. The van der Waals surface area contributed by atoms with E-state index >= 15 is 0 Å². The number of aliphatic imine (C=N–C) groups is 1. The van der Waals surface area contributed by atoms with Crippen LogP contribution in [0.4, 0.5) is 8.78 Å². The minimum atomic E-state index is -3.89. The molecule has 0 aromatic heterocycles.